The van der Waals surface area contributed by atoms with Crippen LogP contribution in [-0.4, -0.2) is 32.3 Å². The molecule has 0 saturated heterocycles. The van der Waals surface area contributed by atoms with Crippen LogP contribution in [-0.2, 0) is 19.6 Å². The molecule has 0 atom stereocenters. The summed E-state index contributed by atoms with van der Waals surface area (Å²) in [7, 11) is 0. The van der Waals surface area contributed by atoms with E-state index in [1.165, 1.54) is 24.2 Å². The molecular weight excluding hydrogens is 288 g/mol. The van der Waals surface area contributed by atoms with E-state index in [2.05, 4.69) is 51.7 Å². The molecule has 0 amide bonds. The number of nitrogens with zero attached hydrogens (tertiary/aromatic N) is 4. The molecule has 122 valence electrons. The zero-order valence-corrected chi connectivity index (χ0v) is 13.9. The Morgan fingerprint density at radius 1 is 1.17 bits per heavy atom. The van der Waals surface area contributed by atoms with Crippen molar-refractivity contribution < 1.29 is 4.74 Å². The summed E-state index contributed by atoms with van der Waals surface area (Å²) in [5.74, 6) is 3.99. The van der Waals surface area contributed by atoms with E-state index >= 15 is 0 Å². The number of rotatable bonds is 5. The van der Waals surface area contributed by atoms with E-state index in [4.69, 9.17) is 4.74 Å². The SMILES string of the molecule is CC(C)Oc1ccccc1CN1CCn2c(nnc2C2CC2)C1. The van der Waals surface area contributed by atoms with Crippen molar-refractivity contribution in [2.45, 2.75) is 58.3 Å². The van der Waals surface area contributed by atoms with E-state index in [0.29, 0.717) is 5.92 Å². The lowest BCUT2D eigenvalue weighted by Gasteiger charge is -2.28. The van der Waals surface area contributed by atoms with E-state index in [1.807, 2.05) is 6.07 Å². The highest BCUT2D eigenvalue weighted by Gasteiger charge is 2.32. The first-order valence-electron chi connectivity index (χ1n) is 8.59. The van der Waals surface area contributed by atoms with Crippen molar-refractivity contribution in [2.24, 2.45) is 0 Å². The molecule has 2 heterocycles. The Morgan fingerprint density at radius 2 is 2.00 bits per heavy atom. The van der Waals surface area contributed by atoms with Crippen molar-refractivity contribution in [3.8, 4) is 5.75 Å². The number of benzene rings is 1. The standard InChI is InChI=1S/C18H24N4O/c1-13(2)23-16-6-4-3-5-15(16)11-21-9-10-22-17(12-21)19-20-18(22)14-7-8-14/h3-6,13-14H,7-12H2,1-2H3. The topological polar surface area (TPSA) is 43.2 Å². The third-order valence-corrected chi connectivity index (χ3v) is 4.53. The molecule has 1 aliphatic heterocycles. The van der Waals surface area contributed by atoms with Crippen LogP contribution >= 0.6 is 0 Å². The van der Waals surface area contributed by atoms with Gasteiger partial charge in [-0.2, -0.15) is 0 Å². The zero-order valence-electron chi connectivity index (χ0n) is 13.9. The molecule has 0 bridgehead atoms. The quantitative estimate of drug-likeness (QED) is 0.851. The first kappa shape index (κ1) is 14.7. The molecule has 0 N–H and O–H groups in total. The lowest BCUT2D eigenvalue weighted by atomic mass is 10.1. The minimum absolute atomic E-state index is 0.196. The molecule has 23 heavy (non-hydrogen) atoms. The number of hydrogen-bond donors (Lipinski definition) is 0. The smallest absolute Gasteiger partial charge is 0.147 e. The molecule has 0 spiro atoms. The summed E-state index contributed by atoms with van der Waals surface area (Å²) in [6.45, 7) is 7.95. The third-order valence-electron chi connectivity index (χ3n) is 4.53. The summed E-state index contributed by atoms with van der Waals surface area (Å²) in [4.78, 5) is 2.43. The van der Waals surface area contributed by atoms with Crippen LogP contribution in [0.3, 0.4) is 0 Å². The van der Waals surface area contributed by atoms with Crippen molar-refractivity contribution in [1.82, 2.24) is 19.7 Å². The number of fused-ring (bicyclic) bond motifs is 1. The Balaban J connectivity index is 1.48. The molecule has 1 saturated carbocycles. The maximum absolute atomic E-state index is 5.94. The zero-order chi connectivity index (χ0) is 15.8. The molecule has 5 nitrogen and oxygen atoms in total. The fraction of sp³-hybridized carbons (Fsp3) is 0.556. The third kappa shape index (κ3) is 3.11. The fourth-order valence-electron chi connectivity index (χ4n) is 3.25. The van der Waals surface area contributed by atoms with Gasteiger partial charge in [-0.3, -0.25) is 4.90 Å². The first-order valence-corrected chi connectivity index (χ1v) is 8.59. The normalized spacial score (nSPS) is 18.2. The van der Waals surface area contributed by atoms with Crippen molar-refractivity contribution in [3.05, 3.63) is 41.5 Å². The van der Waals surface area contributed by atoms with Crippen molar-refractivity contribution in [1.29, 1.82) is 0 Å². The van der Waals surface area contributed by atoms with Crippen LogP contribution in [0.5, 0.6) is 5.75 Å². The second kappa shape index (κ2) is 5.96. The largest absolute Gasteiger partial charge is 0.491 e. The van der Waals surface area contributed by atoms with Gasteiger partial charge in [-0.25, -0.2) is 0 Å². The predicted molar refractivity (Wildman–Crippen MR) is 88.3 cm³/mol. The Morgan fingerprint density at radius 3 is 2.78 bits per heavy atom. The molecule has 1 aromatic heterocycles. The highest BCUT2D eigenvalue weighted by atomic mass is 16.5. The van der Waals surface area contributed by atoms with E-state index in [-0.39, 0.29) is 6.10 Å². The number of para-hydroxylation sites is 1. The highest BCUT2D eigenvalue weighted by Crippen LogP contribution is 2.39. The van der Waals surface area contributed by atoms with Gasteiger partial charge in [0.05, 0.1) is 12.6 Å². The van der Waals surface area contributed by atoms with Crippen LogP contribution in [0.15, 0.2) is 24.3 Å². The van der Waals surface area contributed by atoms with Crippen LogP contribution in [0.25, 0.3) is 0 Å². The summed E-state index contributed by atoms with van der Waals surface area (Å²) in [5.41, 5.74) is 1.25. The van der Waals surface area contributed by atoms with Gasteiger partial charge < -0.3 is 9.30 Å². The van der Waals surface area contributed by atoms with Crippen LogP contribution < -0.4 is 4.74 Å². The molecule has 2 aromatic rings. The van der Waals surface area contributed by atoms with E-state index < -0.39 is 0 Å². The Kier molecular flexibility index (Phi) is 3.81. The number of aromatic nitrogens is 3. The maximum Gasteiger partial charge on any atom is 0.147 e. The molecule has 1 fully saturated rings. The van der Waals surface area contributed by atoms with Crippen LogP contribution in [0.4, 0.5) is 0 Å². The van der Waals surface area contributed by atoms with Gasteiger partial charge in [-0.15, -0.1) is 10.2 Å². The summed E-state index contributed by atoms with van der Waals surface area (Å²) in [6, 6.07) is 8.34. The molecule has 1 aromatic carbocycles. The molecule has 4 rings (SSSR count). The molecule has 0 radical (unpaired) electrons. The molecule has 2 aliphatic rings. The lowest BCUT2D eigenvalue weighted by Crippen LogP contribution is -2.34. The maximum atomic E-state index is 5.94. The van der Waals surface area contributed by atoms with Gasteiger partial charge in [0.1, 0.15) is 17.4 Å². The average Bonchev–Trinajstić information content (AvgIpc) is 3.29. The summed E-state index contributed by atoms with van der Waals surface area (Å²) in [5, 5.41) is 8.84. The van der Waals surface area contributed by atoms with E-state index in [9.17, 15) is 0 Å². The van der Waals surface area contributed by atoms with Crippen LogP contribution in [0.1, 0.15) is 49.8 Å². The summed E-state index contributed by atoms with van der Waals surface area (Å²) >= 11 is 0. The second-order valence-electron chi connectivity index (χ2n) is 6.89. The summed E-state index contributed by atoms with van der Waals surface area (Å²) < 4.78 is 8.28. The number of ether oxygens (including phenoxy) is 1. The van der Waals surface area contributed by atoms with Crippen LogP contribution in [0, 0.1) is 0 Å². The Hall–Kier alpha value is -1.88. The monoisotopic (exact) mass is 312 g/mol. The van der Waals surface area contributed by atoms with Crippen molar-refractivity contribution >= 4 is 0 Å². The molecular formula is C18H24N4O. The summed E-state index contributed by atoms with van der Waals surface area (Å²) in [6.07, 6.45) is 2.76. The van der Waals surface area contributed by atoms with E-state index in [0.717, 1.165) is 37.8 Å². The van der Waals surface area contributed by atoms with Crippen molar-refractivity contribution in [3.63, 3.8) is 0 Å². The molecule has 1 aliphatic carbocycles. The van der Waals surface area contributed by atoms with Gasteiger partial charge in [0.2, 0.25) is 0 Å². The van der Waals surface area contributed by atoms with Gasteiger partial charge in [0.25, 0.3) is 0 Å². The Labute approximate surface area is 137 Å². The molecule has 0 unspecified atom stereocenters. The van der Waals surface area contributed by atoms with Gasteiger partial charge in [0.15, 0.2) is 0 Å². The fourth-order valence-corrected chi connectivity index (χ4v) is 3.25. The highest BCUT2D eigenvalue weighted by molar-refractivity contribution is 5.33. The van der Waals surface area contributed by atoms with Crippen molar-refractivity contribution in [2.75, 3.05) is 6.54 Å². The molecule has 5 heteroatoms. The van der Waals surface area contributed by atoms with Crippen LogP contribution in [0.2, 0.25) is 0 Å². The minimum atomic E-state index is 0.196. The minimum Gasteiger partial charge on any atom is -0.491 e. The predicted octanol–water partition coefficient (Wildman–Crippen LogP) is 2.96. The van der Waals surface area contributed by atoms with Gasteiger partial charge in [-0.1, -0.05) is 18.2 Å². The van der Waals surface area contributed by atoms with Gasteiger partial charge in [0, 0.05) is 31.1 Å². The number of hydrogen-bond acceptors (Lipinski definition) is 4. The van der Waals surface area contributed by atoms with E-state index in [1.54, 1.807) is 0 Å². The van der Waals surface area contributed by atoms with Gasteiger partial charge >= 0.3 is 0 Å². The lowest BCUT2D eigenvalue weighted by molar-refractivity contribution is 0.197. The van der Waals surface area contributed by atoms with Gasteiger partial charge in [-0.05, 0) is 32.8 Å². The first-order chi connectivity index (χ1) is 11.2. The Bertz CT molecular complexity index is 690. The average molecular weight is 312 g/mol. The second-order valence-corrected chi connectivity index (χ2v) is 6.89.